The highest BCUT2D eigenvalue weighted by Crippen LogP contribution is 2.40. The molecule has 0 spiro atoms. The van der Waals surface area contributed by atoms with Crippen LogP contribution in [0, 0.1) is 0 Å². The first-order chi connectivity index (χ1) is 16.0. The fourth-order valence-electron chi connectivity index (χ4n) is 3.55. The molecule has 0 radical (unpaired) electrons. The molecule has 2 N–H and O–H groups in total. The Kier molecular flexibility index (Phi) is 8.67. The Morgan fingerprint density at radius 1 is 0.971 bits per heavy atom. The van der Waals surface area contributed by atoms with Crippen molar-refractivity contribution >= 4 is 14.3 Å². The summed E-state index contributed by atoms with van der Waals surface area (Å²) in [5, 5.41) is 20.7. The second-order valence-electron chi connectivity index (χ2n) is 10.1. The molecule has 186 valence electrons. The normalized spacial score (nSPS) is 25.7. The van der Waals surface area contributed by atoms with Gasteiger partial charge >= 0.3 is 5.97 Å². The van der Waals surface area contributed by atoms with Crippen molar-refractivity contribution in [1.82, 2.24) is 0 Å². The van der Waals surface area contributed by atoms with E-state index in [1.807, 2.05) is 30.3 Å². The lowest BCUT2D eigenvalue weighted by molar-refractivity contribution is -0.292. The Bertz CT molecular complexity index is 914. The molecule has 3 rings (SSSR count). The fraction of sp³-hybridized carbons (Fsp3) is 0.500. The monoisotopic (exact) mass is 488 g/mol. The third-order valence-corrected chi connectivity index (χ3v) is 11.0. The van der Waals surface area contributed by atoms with E-state index in [9.17, 15) is 15.0 Å². The number of carbonyl (C=O) groups is 1. The highest BCUT2D eigenvalue weighted by Gasteiger charge is 2.52. The first-order valence-electron chi connectivity index (χ1n) is 11.6. The SMILES string of the molecule is CC(C)(C)[Si](C)(C)O[C@H]1[C@H](OCc2ccccc2)[C@@H](OC(=O)c2ccccc2)[C@@H](O)O[C@@H]1CO. The summed E-state index contributed by atoms with van der Waals surface area (Å²) in [6, 6.07) is 18.1. The van der Waals surface area contributed by atoms with Gasteiger partial charge in [0, 0.05) is 0 Å². The molecule has 0 saturated carbocycles. The van der Waals surface area contributed by atoms with Crippen molar-refractivity contribution in [3.05, 3.63) is 71.8 Å². The zero-order valence-electron chi connectivity index (χ0n) is 20.5. The first kappa shape index (κ1) is 26.5. The van der Waals surface area contributed by atoms with Crippen LogP contribution >= 0.6 is 0 Å². The van der Waals surface area contributed by atoms with Crippen LogP contribution in [-0.2, 0) is 25.2 Å². The summed E-state index contributed by atoms with van der Waals surface area (Å²) < 4.78 is 24.3. The van der Waals surface area contributed by atoms with Crippen molar-refractivity contribution < 1.29 is 33.6 Å². The third-order valence-electron chi connectivity index (χ3n) is 6.56. The minimum Gasteiger partial charge on any atom is -0.450 e. The lowest BCUT2D eigenvalue weighted by Gasteiger charge is -2.48. The molecule has 0 amide bonds. The predicted octanol–water partition coefficient (Wildman–Crippen LogP) is 3.90. The molecule has 1 aliphatic heterocycles. The van der Waals surface area contributed by atoms with Gasteiger partial charge in [0.2, 0.25) is 0 Å². The number of ether oxygens (including phenoxy) is 3. The van der Waals surface area contributed by atoms with E-state index in [1.165, 1.54) is 0 Å². The minimum absolute atomic E-state index is 0.122. The van der Waals surface area contributed by atoms with Crippen molar-refractivity contribution in [1.29, 1.82) is 0 Å². The Hall–Kier alpha value is -2.07. The molecule has 0 bridgehead atoms. The summed E-state index contributed by atoms with van der Waals surface area (Å²) in [4.78, 5) is 12.9. The quantitative estimate of drug-likeness (QED) is 0.430. The average Bonchev–Trinajstić information content (AvgIpc) is 2.80. The third kappa shape index (κ3) is 6.32. The molecule has 1 aliphatic rings. The van der Waals surface area contributed by atoms with Crippen molar-refractivity contribution in [3.63, 3.8) is 0 Å². The van der Waals surface area contributed by atoms with Gasteiger partial charge in [-0.25, -0.2) is 4.79 Å². The highest BCUT2D eigenvalue weighted by molar-refractivity contribution is 6.74. The number of aliphatic hydroxyl groups excluding tert-OH is 2. The molecule has 2 aromatic carbocycles. The van der Waals surface area contributed by atoms with Crippen LogP contribution in [0.3, 0.4) is 0 Å². The summed E-state index contributed by atoms with van der Waals surface area (Å²) in [5.41, 5.74) is 1.27. The molecule has 1 fully saturated rings. The Balaban J connectivity index is 1.92. The highest BCUT2D eigenvalue weighted by atomic mass is 28.4. The smallest absolute Gasteiger partial charge is 0.338 e. The van der Waals surface area contributed by atoms with E-state index in [1.54, 1.807) is 30.3 Å². The van der Waals surface area contributed by atoms with Crippen molar-refractivity contribution in [3.8, 4) is 0 Å². The standard InChI is InChI=1S/C26H36O7Si/c1-26(2,3)34(4,5)33-21-20(16-27)31-25(29)23(32-24(28)19-14-10-7-11-15-19)22(21)30-17-18-12-8-6-9-13-18/h6-15,20-23,25,27,29H,16-17H2,1-5H3/t20-,21-,22+,23-,25+/m1/s1. The summed E-state index contributed by atoms with van der Waals surface area (Å²) in [6.07, 6.45) is -5.06. The van der Waals surface area contributed by atoms with E-state index in [2.05, 4.69) is 33.9 Å². The Morgan fingerprint density at radius 3 is 2.12 bits per heavy atom. The lowest BCUT2D eigenvalue weighted by atomic mass is 9.98. The van der Waals surface area contributed by atoms with Gasteiger partial charge in [0.15, 0.2) is 20.7 Å². The number of esters is 1. The molecule has 5 atom stereocenters. The lowest BCUT2D eigenvalue weighted by Crippen LogP contribution is -2.64. The second-order valence-corrected chi connectivity index (χ2v) is 14.8. The van der Waals surface area contributed by atoms with E-state index < -0.39 is 45.0 Å². The van der Waals surface area contributed by atoms with E-state index in [4.69, 9.17) is 18.6 Å². The molecule has 34 heavy (non-hydrogen) atoms. The Labute approximate surface area is 202 Å². The largest absolute Gasteiger partial charge is 0.450 e. The maximum absolute atomic E-state index is 12.9. The zero-order chi connectivity index (χ0) is 24.9. The minimum atomic E-state index is -2.35. The molecular weight excluding hydrogens is 452 g/mol. The van der Waals surface area contributed by atoms with Gasteiger partial charge in [-0.05, 0) is 35.8 Å². The fourth-order valence-corrected chi connectivity index (χ4v) is 4.87. The topological polar surface area (TPSA) is 94.5 Å². The van der Waals surface area contributed by atoms with Crippen molar-refractivity contribution in [2.24, 2.45) is 0 Å². The number of rotatable bonds is 8. The number of carbonyl (C=O) groups excluding carboxylic acids is 1. The van der Waals surface area contributed by atoms with E-state index in [0.29, 0.717) is 5.56 Å². The van der Waals surface area contributed by atoms with Crippen LogP contribution in [0.5, 0.6) is 0 Å². The zero-order valence-corrected chi connectivity index (χ0v) is 21.5. The van der Waals surface area contributed by atoms with Crippen molar-refractivity contribution in [2.45, 2.75) is 76.2 Å². The van der Waals surface area contributed by atoms with Crippen LogP contribution < -0.4 is 0 Å². The van der Waals surface area contributed by atoms with Crippen LogP contribution in [0.15, 0.2) is 60.7 Å². The molecule has 7 nitrogen and oxygen atoms in total. The van der Waals surface area contributed by atoms with Crippen molar-refractivity contribution in [2.75, 3.05) is 6.61 Å². The van der Waals surface area contributed by atoms with Crippen LogP contribution in [0.2, 0.25) is 18.1 Å². The summed E-state index contributed by atoms with van der Waals surface area (Å²) >= 11 is 0. The molecular formula is C26H36O7Si. The molecule has 1 heterocycles. The molecule has 2 aromatic rings. The number of hydrogen-bond donors (Lipinski definition) is 2. The van der Waals surface area contributed by atoms with Crippen LogP contribution in [0.1, 0.15) is 36.7 Å². The van der Waals surface area contributed by atoms with Gasteiger partial charge in [-0.15, -0.1) is 0 Å². The first-order valence-corrected chi connectivity index (χ1v) is 14.5. The summed E-state index contributed by atoms with van der Waals surface area (Å²) in [6.45, 7) is 10.3. The van der Waals surface area contributed by atoms with Gasteiger partial charge in [0.25, 0.3) is 0 Å². The molecule has 1 saturated heterocycles. The van der Waals surface area contributed by atoms with E-state index in [0.717, 1.165) is 5.56 Å². The van der Waals surface area contributed by atoms with Crippen LogP contribution in [-0.4, -0.2) is 61.8 Å². The van der Waals surface area contributed by atoms with Gasteiger partial charge in [-0.3, -0.25) is 0 Å². The maximum atomic E-state index is 12.9. The summed E-state index contributed by atoms with van der Waals surface area (Å²) in [7, 11) is -2.35. The maximum Gasteiger partial charge on any atom is 0.338 e. The van der Waals surface area contributed by atoms with Gasteiger partial charge in [-0.1, -0.05) is 69.3 Å². The van der Waals surface area contributed by atoms with Gasteiger partial charge < -0.3 is 28.8 Å². The molecule has 0 unspecified atom stereocenters. The number of benzene rings is 2. The van der Waals surface area contributed by atoms with Gasteiger partial charge in [0.05, 0.1) is 18.8 Å². The molecule has 0 aliphatic carbocycles. The van der Waals surface area contributed by atoms with Crippen LogP contribution in [0.4, 0.5) is 0 Å². The number of hydrogen-bond acceptors (Lipinski definition) is 7. The summed E-state index contributed by atoms with van der Waals surface area (Å²) in [5.74, 6) is -0.602. The molecule has 8 heteroatoms. The van der Waals surface area contributed by atoms with E-state index in [-0.39, 0.29) is 18.3 Å². The predicted molar refractivity (Wildman–Crippen MR) is 131 cm³/mol. The number of aliphatic hydroxyl groups is 2. The second kappa shape index (κ2) is 11.1. The van der Waals surface area contributed by atoms with E-state index >= 15 is 0 Å². The Morgan fingerprint density at radius 2 is 1.56 bits per heavy atom. The van der Waals surface area contributed by atoms with Gasteiger partial charge in [0.1, 0.15) is 18.3 Å². The molecule has 0 aromatic heterocycles. The van der Waals surface area contributed by atoms with Gasteiger partial charge in [-0.2, -0.15) is 0 Å². The van der Waals surface area contributed by atoms with Crippen LogP contribution in [0.25, 0.3) is 0 Å². The average molecular weight is 489 g/mol.